The highest BCUT2D eigenvalue weighted by atomic mass is 16.5. The summed E-state index contributed by atoms with van der Waals surface area (Å²) < 4.78 is 5.57. The molecule has 1 aliphatic carbocycles. The molecule has 0 radical (unpaired) electrons. The van der Waals surface area contributed by atoms with Crippen LogP contribution in [0.1, 0.15) is 37.7 Å². The molecule has 1 heterocycles. The minimum Gasteiger partial charge on any atom is -0.378 e. The van der Waals surface area contributed by atoms with Gasteiger partial charge in [-0.2, -0.15) is 0 Å². The van der Waals surface area contributed by atoms with Crippen molar-refractivity contribution in [3.63, 3.8) is 0 Å². The summed E-state index contributed by atoms with van der Waals surface area (Å²) in [6.07, 6.45) is 5.54. The van der Waals surface area contributed by atoms with Gasteiger partial charge in [-0.3, -0.25) is 4.79 Å². The lowest BCUT2D eigenvalue weighted by atomic mass is 9.95. The third-order valence-electron chi connectivity index (χ3n) is 4.29. The second-order valence-corrected chi connectivity index (χ2v) is 5.63. The third kappa shape index (κ3) is 2.66. The fourth-order valence-corrected chi connectivity index (χ4v) is 2.92. The molecule has 1 saturated heterocycles. The average Bonchev–Trinajstić information content (AvgIpc) is 3.11. The number of carbonyl (C=O) groups excluding carboxylic acids is 1. The van der Waals surface area contributed by atoms with Crippen LogP contribution < -0.4 is 5.32 Å². The Bertz CT molecular complexity index is 433. The van der Waals surface area contributed by atoms with Gasteiger partial charge in [0, 0.05) is 13.2 Å². The van der Waals surface area contributed by atoms with E-state index in [0.29, 0.717) is 6.10 Å². The van der Waals surface area contributed by atoms with Gasteiger partial charge in [0.25, 0.3) is 0 Å². The number of carbonyl (C=O) groups is 1. The summed E-state index contributed by atoms with van der Waals surface area (Å²) in [5.41, 5.74) is 0.919. The van der Waals surface area contributed by atoms with Crippen molar-refractivity contribution in [2.45, 2.75) is 43.6 Å². The molecule has 102 valence electrons. The van der Waals surface area contributed by atoms with Crippen molar-refractivity contribution >= 4 is 5.91 Å². The molecule has 0 aromatic heterocycles. The predicted octanol–water partition coefficient (Wildman–Crippen LogP) is 2.40. The first-order valence-corrected chi connectivity index (χ1v) is 7.27. The first-order chi connectivity index (χ1) is 9.31. The van der Waals surface area contributed by atoms with E-state index in [1.165, 1.54) is 0 Å². The molecule has 1 amide bonds. The Balaban J connectivity index is 1.52. The zero-order valence-electron chi connectivity index (χ0n) is 11.2. The van der Waals surface area contributed by atoms with Crippen molar-refractivity contribution in [1.29, 1.82) is 0 Å². The van der Waals surface area contributed by atoms with Gasteiger partial charge in [-0.15, -0.1) is 0 Å². The minimum atomic E-state index is -0.238. The lowest BCUT2D eigenvalue weighted by molar-refractivity contribution is -0.123. The molecule has 0 spiro atoms. The molecule has 0 unspecified atom stereocenters. The molecule has 1 saturated carbocycles. The number of amides is 1. The first kappa shape index (κ1) is 12.7. The van der Waals surface area contributed by atoms with Crippen molar-refractivity contribution < 1.29 is 9.53 Å². The largest absolute Gasteiger partial charge is 0.378 e. The van der Waals surface area contributed by atoms with Gasteiger partial charge in [0.1, 0.15) is 0 Å². The van der Waals surface area contributed by atoms with Crippen LogP contribution in [0.4, 0.5) is 0 Å². The van der Waals surface area contributed by atoms with Crippen LogP contribution in [0.5, 0.6) is 0 Å². The van der Waals surface area contributed by atoms with Gasteiger partial charge >= 0.3 is 0 Å². The zero-order valence-corrected chi connectivity index (χ0v) is 11.2. The molecule has 1 aromatic rings. The van der Waals surface area contributed by atoms with E-state index in [4.69, 9.17) is 4.74 Å². The fourth-order valence-electron chi connectivity index (χ4n) is 2.92. The molecule has 3 heteroatoms. The second kappa shape index (κ2) is 5.33. The molecule has 1 aliphatic heterocycles. The monoisotopic (exact) mass is 259 g/mol. The number of benzene rings is 1. The number of hydrogen-bond donors (Lipinski definition) is 1. The summed E-state index contributed by atoms with van der Waals surface area (Å²) in [5, 5.41) is 3.09. The van der Waals surface area contributed by atoms with Gasteiger partial charge in [-0.1, -0.05) is 30.3 Å². The predicted molar refractivity (Wildman–Crippen MR) is 74.0 cm³/mol. The highest BCUT2D eigenvalue weighted by Gasteiger charge is 2.50. The summed E-state index contributed by atoms with van der Waals surface area (Å²) in [6, 6.07) is 10.1. The van der Waals surface area contributed by atoms with Crippen molar-refractivity contribution in [3.05, 3.63) is 35.9 Å². The van der Waals surface area contributed by atoms with Crippen LogP contribution in [-0.2, 0) is 14.9 Å². The van der Waals surface area contributed by atoms with E-state index in [-0.39, 0.29) is 11.3 Å². The molecule has 3 nitrogen and oxygen atoms in total. The Kier molecular flexibility index (Phi) is 3.56. The van der Waals surface area contributed by atoms with Gasteiger partial charge < -0.3 is 10.1 Å². The molecule has 1 aromatic carbocycles. The average molecular weight is 259 g/mol. The summed E-state index contributed by atoms with van der Waals surface area (Å²) >= 11 is 0. The van der Waals surface area contributed by atoms with Crippen LogP contribution in [0, 0.1) is 0 Å². The highest BCUT2D eigenvalue weighted by Crippen LogP contribution is 2.48. The molecule has 1 atom stereocenters. The zero-order chi connectivity index (χ0) is 13.1. The van der Waals surface area contributed by atoms with Gasteiger partial charge in [-0.05, 0) is 37.7 Å². The number of ether oxygens (including phenoxy) is 1. The lowest BCUT2D eigenvalue weighted by Gasteiger charge is -2.16. The van der Waals surface area contributed by atoms with Crippen LogP contribution in [0.3, 0.4) is 0 Å². The van der Waals surface area contributed by atoms with Gasteiger partial charge in [0.05, 0.1) is 11.5 Å². The molecule has 2 aliphatic rings. The van der Waals surface area contributed by atoms with E-state index in [0.717, 1.165) is 50.8 Å². The van der Waals surface area contributed by atoms with E-state index in [2.05, 4.69) is 17.4 Å². The molecular weight excluding hydrogens is 238 g/mol. The lowest BCUT2D eigenvalue weighted by Crippen LogP contribution is -2.36. The van der Waals surface area contributed by atoms with E-state index < -0.39 is 0 Å². The molecule has 2 fully saturated rings. The van der Waals surface area contributed by atoms with Crippen molar-refractivity contribution in [2.75, 3.05) is 13.2 Å². The maximum atomic E-state index is 12.3. The number of hydrogen-bond acceptors (Lipinski definition) is 2. The molecular formula is C16H21NO2. The highest BCUT2D eigenvalue weighted by molar-refractivity contribution is 5.91. The Morgan fingerprint density at radius 3 is 2.74 bits per heavy atom. The van der Waals surface area contributed by atoms with E-state index in [1.54, 1.807) is 0 Å². The van der Waals surface area contributed by atoms with Crippen LogP contribution >= 0.6 is 0 Å². The van der Waals surface area contributed by atoms with Gasteiger partial charge in [0.15, 0.2) is 0 Å². The van der Waals surface area contributed by atoms with Crippen molar-refractivity contribution in [1.82, 2.24) is 5.32 Å². The van der Waals surface area contributed by atoms with Crippen molar-refractivity contribution in [3.8, 4) is 0 Å². The Morgan fingerprint density at radius 1 is 1.32 bits per heavy atom. The van der Waals surface area contributed by atoms with Crippen LogP contribution in [0.15, 0.2) is 30.3 Å². The minimum absolute atomic E-state index is 0.191. The topological polar surface area (TPSA) is 38.3 Å². The standard InChI is InChI=1S/C16H21NO2/c18-15(17-11-8-14-7-4-12-19-14)16(9-10-16)13-5-2-1-3-6-13/h1-3,5-6,14H,4,7-12H2,(H,17,18)/t14-/m1/s1. The normalized spacial score (nSPS) is 24.1. The van der Waals surface area contributed by atoms with Crippen LogP contribution in [0.2, 0.25) is 0 Å². The number of nitrogens with one attached hydrogen (secondary N) is 1. The maximum absolute atomic E-state index is 12.3. The smallest absolute Gasteiger partial charge is 0.230 e. The quantitative estimate of drug-likeness (QED) is 0.882. The first-order valence-electron chi connectivity index (χ1n) is 7.27. The molecule has 19 heavy (non-hydrogen) atoms. The van der Waals surface area contributed by atoms with E-state index in [1.807, 2.05) is 18.2 Å². The van der Waals surface area contributed by atoms with Crippen LogP contribution in [0.25, 0.3) is 0 Å². The molecule has 1 N–H and O–H groups in total. The second-order valence-electron chi connectivity index (χ2n) is 5.63. The number of rotatable bonds is 5. The summed E-state index contributed by atoms with van der Waals surface area (Å²) in [4.78, 5) is 12.3. The van der Waals surface area contributed by atoms with Gasteiger partial charge in [-0.25, -0.2) is 0 Å². The van der Waals surface area contributed by atoms with E-state index in [9.17, 15) is 4.79 Å². The fraction of sp³-hybridized carbons (Fsp3) is 0.562. The molecule has 3 rings (SSSR count). The Morgan fingerprint density at radius 2 is 2.11 bits per heavy atom. The Hall–Kier alpha value is -1.35. The van der Waals surface area contributed by atoms with Crippen molar-refractivity contribution in [2.24, 2.45) is 0 Å². The Labute approximate surface area is 114 Å². The maximum Gasteiger partial charge on any atom is 0.230 e. The summed E-state index contributed by atoms with van der Waals surface area (Å²) in [6.45, 7) is 1.62. The summed E-state index contributed by atoms with van der Waals surface area (Å²) in [5.74, 6) is 0.191. The SMILES string of the molecule is O=C(NCC[C@H]1CCCO1)C1(c2ccccc2)CC1. The molecule has 0 bridgehead atoms. The van der Waals surface area contributed by atoms with Gasteiger partial charge in [0.2, 0.25) is 5.91 Å². The van der Waals surface area contributed by atoms with Crippen LogP contribution in [-0.4, -0.2) is 25.2 Å². The third-order valence-corrected chi connectivity index (χ3v) is 4.29. The van der Waals surface area contributed by atoms with E-state index >= 15 is 0 Å². The summed E-state index contributed by atoms with van der Waals surface area (Å²) in [7, 11) is 0.